The number of benzene rings is 2. The second kappa shape index (κ2) is 10.8. The van der Waals surface area contributed by atoms with Gasteiger partial charge in [-0.2, -0.15) is 0 Å². The van der Waals surface area contributed by atoms with Crippen LogP contribution in [0.25, 0.3) is 0 Å². The van der Waals surface area contributed by atoms with Crippen molar-refractivity contribution in [3.8, 4) is 0 Å². The highest BCUT2D eigenvalue weighted by Gasteiger charge is 2.35. The summed E-state index contributed by atoms with van der Waals surface area (Å²) in [5.74, 6) is 0.475. The minimum absolute atomic E-state index is 0. The smallest absolute Gasteiger partial charge is 0.191 e. The Morgan fingerprint density at radius 3 is 2.29 bits per heavy atom. The van der Waals surface area contributed by atoms with Crippen molar-refractivity contribution in [3.05, 3.63) is 65.0 Å². The predicted octanol–water partition coefficient (Wildman–Crippen LogP) is 4.33. The van der Waals surface area contributed by atoms with Crippen molar-refractivity contribution in [2.75, 3.05) is 19.8 Å². The van der Waals surface area contributed by atoms with Gasteiger partial charge in [0.2, 0.25) is 0 Å². The summed E-state index contributed by atoms with van der Waals surface area (Å²) in [6, 6.07) is 12.2. The van der Waals surface area contributed by atoms with E-state index >= 15 is 0 Å². The molecule has 1 aliphatic carbocycles. The number of halogens is 2. The van der Waals surface area contributed by atoms with Gasteiger partial charge in [0, 0.05) is 31.8 Å². The monoisotopic (exact) mass is 559 g/mol. The van der Waals surface area contributed by atoms with Gasteiger partial charge < -0.3 is 10.6 Å². The van der Waals surface area contributed by atoms with Crippen molar-refractivity contribution in [2.24, 2.45) is 4.99 Å². The highest BCUT2D eigenvalue weighted by atomic mass is 127. The summed E-state index contributed by atoms with van der Waals surface area (Å²) in [7, 11) is -1.49. The van der Waals surface area contributed by atoms with Crippen LogP contribution in [0.2, 0.25) is 0 Å². The van der Waals surface area contributed by atoms with E-state index in [1.54, 1.807) is 20.0 Å². The molecule has 170 valence electrons. The summed E-state index contributed by atoms with van der Waals surface area (Å²) >= 11 is 0. The normalized spacial score (nSPS) is 15.9. The predicted molar refractivity (Wildman–Crippen MR) is 134 cm³/mol. The quantitative estimate of drug-likeness (QED) is 0.314. The van der Waals surface area contributed by atoms with Gasteiger partial charge in [-0.3, -0.25) is 4.99 Å². The molecule has 0 atom stereocenters. The van der Waals surface area contributed by atoms with E-state index in [-0.39, 0.29) is 35.2 Å². The first-order valence-corrected chi connectivity index (χ1v) is 12.1. The zero-order valence-corrected chi connectivity index (χ0v) is 21.4. The fraction of sp³-hybridized carbons (Fsp3) is 0.435. The zero-order valence-electron chi connectivity index (χ0n) is 18.2. The Bertz CT molecular complexity index is 1020. The van der Waals surface area contributed by atoms with Crippen LogP contribution in [0.3, 0.4) is 0 Å². The van der Waals surface area contributed by atoms with Gasteiger partial charge in [-0.15, -0.1) is 24.0 Å². The van der Waals surface area contributed by atoms with Crippen molar-refractivity contribution in [1.82, 2.24) is 10.6 Å². The molecule has 0 heterocycles. The van der Waals surface area contributed by atoms with Crippen molar-refractivity contribution in [2.45, 2.75) is 49.5 Å². The lowest BCUT2D eigenvalue weighted by Gasteiger charge is -2.31. The fourth-order valence-corrected chi connectivity index (χ4v) is 5.28. The summed E-state index contributed by atoms with van der Waals surface area (Å²) in [6.07, 6.45) is 5.68. The van der Waals surface area contributed by atoms with E-state index in [9.17, 15) is 12.8 Å². The maximum absolute atomic E-state index is 13.4. The average Bonchev–Trinajstić information content (AvgIpc) is 3.18. The third-order valence-electron chi connectivity index (χ3n) is 5.93. The van der Waals surface area contributed by atoms with Crippen LogP contribution in [0.5, 0.6) is 0 Å². The van der Waals surface area contributed by atoms with E-state index in [0.717, 1.165) is 48.9 Å². The molecule has 1 fully saturated rings. The molecule has 2 N–H and O–H groups in total. The van der Waals surface area contributed by atoms with Crippen molar-refractivity contribution in [1.29, 1.82) is 0 Å². The summed E-state index contributed by atoms with van der Waals surface area (Å²) < 4.78 is 36.9. The topological polar surface area (TPSA) is 70.6 Å². The van der Waals surface area contributed by atoms with E-state index in [1.807, 2.05) is 24.3 Å². The first-order chi connectivity index (χ1) is 14.2. The fourth-order valence-electron chi connectivity index (χ4n) is 4.32. The Morgan fingerprint density at radius 1 is 1.10 bits per heavy atom. The highest BCUT2D eigenvalue weighted by molar-refractivity contribution is 14.0. The lowest BCUT2D eigenvalue weighted by Crippen LogP contribution is -2.44. The molecule has 8 heteroatoms. The molecule has 0 spiro atoms. The molecule has 0 bridgehead atoms. The molecule has 0 aromatic heterocycles. The lowest BCUT2D eigenvalue weighted by molar-refractivity contribution is 0.431. The number of hydrogen-bond acceptors (Lipinski definition) is 3. The molecule has 1 saturated carbocycles. The summed E-state index contributed by atoms with van der Waals surface area (Å²) in [4.78, 5) is 4.68. The molecule has 2 aromatic rings. The first kappa shape index (κ1) is 25.6. The molecule has 2 aromatic carbocycles. The number of rotatable bonds is 6. The van der Waals surface area contributed by atoms with Crippen LogP contribution < -0.4 is 10.6 Å². The Labute approximate surface area is 201 Å². The number of nitrogens with one attached hydrogen (secondary N) is 2. The van der Waals surface area contributed by atoms with Crippen LogP contribution in [0.4, 0.5) is 4.39 Å². The Kier molecular flexibility index (Phi) is 8.88. The van der Waals surface area contributed by atoms with Gasteiger partial charge in [0.1, 0.15) is 5.82 Å². The molecule has 31 heavy (non-hydrogen) atoms. The largest absolute Gasteiger partial charge is 0.356 e. The van der Waals surface area contributed by atoms with Gasteiger partial charge in [0.25, 0.3) is 0 Å². The van der Waals surface area contributed by atoms with E-state index in [4.69, 9.17) is 0 Å². The third-order valence-corrected chi connectivity index (χ3v) is 7.19. The Morgan fingerprint density at radius 2 is 1.74 bits per heavy atom. The van der Waals surface area contributed by atoms with Crippen LogP contribution in [0, 0.1) is 12.7 Å². The minimum atomic E-state index is -3.22. The summed E-state index contributed by atoms with van der Waals surface area (Å²) in [6.45, 7) is 3.07. The van der Waals surface area contributed by atoms with Gasteiger partial charge >= 0.3 is 0 Å². The highest BCUT2D eigenvalue weighted by Crippen LogP contribution is 2.40. The molecule has 0 unspecified atom stereocenters. The van der Waals surface area contributed by atoms with E-state index in [1.165, 1.54) is 18.4 Å². The van der Waals surface area contributed by atoms with Crippen LogP contribution in [0.1, 0.15) is 42.4 Å². The lowest BCUT2D eigenvalue weighted by atomic mass is 9.79. The molecule has 0 amide bonds. The van der Waals surface area contributed by atoms with Crippen LogP contribution in [0.15, 0.2) is 52.4 Å². The number of guanidine groups is 1. The SMILES string of the molecule is CN=C(NCc1ccc(S(C)(=O)=O)c(C)c1)NCC1(c2ccc(F)cc2)CCCC1.I. The second-order valence-electron chi connectivity index (χ2n) is 8.15. The third kappa shape index (κ3) is 6.41. The van der Waals surface area contributed by atoms with Gasteiger partial charge in [0.05, 0.1) is 4.90 Å². The standard InChI is InChI=1S/C23H30FN3O2S.HI/c1-17-14-18(6-11-21(17)30(3,28)29)15-26-22(25-2)27-16-23(12-4-5-13-23)19-7-9-20(24)10-8-19;/h6-11,14H,4-5,12-13,15-16H2,1-3H3,(H2,25,26,27);1H. The van der Waals surface area contributed by atoms with Crippen molar-refractivity contribution >= 4 is 39.8 Å². The van der Waals surface area contributed by atoms with E-state index < -0.39 is 9.84 Å². The average molecular weight is 559 g/mol. The molecule has 3 rings (SSSR count). The van der Waals surface area contributed by atoms with Gasteiger partial charge in [-0.25, -0.2) is 12.8 Å². The molecule has 0 saturated heterocycles. The number of aliphatic imine (C=N–C) groups is 1. The van der Waals surface area contributed by atoms with E-state index in [2.05, 4.69) is 15.6 Å². The maximum atomic E-state index is 13.4. The van der Waals surface area contributed by atoms with Crippen molar-refractivity contribution < 1.29 is 12.8 Å². The molecule has 0 aliphatic heterocycles. The molecule has 0 radical (unpaired) electrons. The van der Waals surface area contributed by atoms with Crippen LogP contribution in [-0.2, 0) is 21.8 Å². The Balaban J connectivity index is 0.00000341. The van der Waals surface area contributed by atoms with Gasteiger partial charge in [0.15, 0.2) is 15.8 Å². The summed E-state index contributed by atoms with van der Waals surface area (Å²) in [5.41, 5.74) is 2.87. The van der Waals surface area contributed by atoms with Crippen molar-refractivity contribution in [3.63, 3.8) is 0 Å². The summed E-state index contributed by atoms with van der Waals surface area (Å²) in [5, 5.41) is 6.74. The number of hydrogen-bond donors (Lipinski definition) is 2. The molecular formula is C23H31FIN3O2S. The Hall–Kier alpha value is -1.68. The van der Waals surface area contributed by atoms with Crippen LogP contribution in [-0.4, -0.2) is 34.2 Å². The zero-order chi connectivity index (χ0) is 21.8. The minimum Gasteiger partial charge on any atom is -0.356 e. The number of sulfone groups is 1. The molecule has 1 aliphatic rings. The maximum Gasteiger partial charge on any atom is 0.191 e. The molecule has 5 nitrogen and oxygen atoms in total. The van der Waals surface area contributed by atoms with Gasteiger partial charge in [-0.05, 0) is 54.7 Å². The number of nitrogens with zero attached hydrogens (tertiary/aromatic N) is 1. The number of aryl methyl sites for hydroxylation is 1. The first-order valence-electron chi connectivity index (χ1n) is 10.2. The second-order valence-corrected chi connectivity index (χ2v) is 10.1. The van der Waals surface area contributed by atoms with Gasteiger partial charge in [-0.1, -0.05) is 37.1 Å². The molecular weight excluding hydrogens is 528 g/mol. The van der Waals surface area contributed by atoms with E-state index in [0.29, 0.717) is 17.4 Å². The van der Waals surface area contributed by atoms with Crippen LogP contribution >= 0.6 is 24.0 Å².